The van der Waals surface area contributed by atoms with Crippen LogP contribution in [0.25, 0.3) is 0 Å². The molecule has 0 aromatic rings. The standard InChI is InChI=1S/C56H99O11P/c1-4-7-10-13-16-19-22-25-26-29-32-35-38-41-44-47-56(60)67-53(49-63-54(58)45-42-39-36-33-30-27-23-20-17-14-11-8-5-2)51-65-68(61,62)64-50-52(48-57)66-55(59)46-43-40-37-34-31-28-24-21-18-15-12-9-6-3/h7,10,16,19-21,23-26,52-53,57H,4-6,8-9,11-15,17-18,22,27-51H2,1-3H3,(H,61,62)/b10-7-,19-16-,23-20-,24-21-,26-25-. The molecule has 0 aliphatic carbocycles. The summed E-state index contributed by atoms with van der Waals surface area (Å²) in [5, 5.41) is 9.78. The molecule has 0 aromatic heterocycles. The van der Waals surface area contributed by atoms with Crippen molar-refractivity contribution < 1.29 is 52.2 Å². The van der Waals surface area contributed by atoms with Crippen molar-refractivity contribution in [2.24, 2.45) is 0 Å². The zero-order valence-electron chi connectivity index (χ0n) is 43.3. The van der Waals surface area contributed by atoms with E-state index in [-0.39, 0.29) is 25.9 Å². The first kappa shape index (κ1) is 65.2. The number of phosphoric ester groups is 1. The van der Waals surface area contributed by atoms with Crippen molar-refractivity contribution in [2.45, 2.75) is 251 Å². The number of ether oxygens (including phenoxy) is 3. The highest BCUT2D eigenvalue weighted by Gasteiger charge is 2.28. The molecule has 2 N–H and O–H groups in total. The average molecular weight is 979 g/mol. The Morgan fingerprint density at radius 2 is 0.765 bits per heavy atom. The molecule has 0 saturated heterocycles. The van der Waals surface area contributed by atoms with Crippen molar-refractivity contribution in [3.63, 3.8) is 0 Å². The number of rotatable bonds is 50. The Balaban J connectivity index is 4.77. The molecule has 0 heterocycles. The molecule has 0 rings (SSSR count). The van der Waals surface area contributed by atoms with E-state index in [0.29, 0.717) is 19.3 Å². The van der Waals surface area contributed by atoms with Crippen LogP contribution < -0.4 is 0 Å². The molecule has 3 atom stereocenters. The summed E-state index contributed by atoms with van der Waals surface area (Å²) in [7, 11) is -4.75. The Morgan fingerprint density at radius 1 is 0.426 bits per heavy atom. The van der Waals surface area contributed by atoms with Gasteiger partial charge in [-0.15, -0.1) is 0 Å². The highest BCUT2D eigenvalue weighted by atomic mass is 31.2. The number of allylic oxidation sites excluding steroid dienone is 10. The monoisotopic (exact) mass is 979 g/mol. The quantitative estimate of drug-likeness (QED) is 0.0197. The number of unbranched alkanes of at least 4 members (excludes halogenated alkanes) is 23. The van der Waals surface area contributed by atoms with Gasteiger partial charge in [0, 0.05) is 19.3 Å². The zero-order valence-corrected chi connectivity index (χ0v) is 44.2. The summed E-state index contributed by atoms with van der Waals surface area (Å²) < 4.78 is 39.4. The minimum absolute atomic E-state index is 0.145. The number of esters is 3. The Hall–Kier alpha value is -2.82. The van der Waals surface area contributed by atoms with Crippen molar-refractivity contribution in [3.8, 4) is 0 Å². The van der Waals surface area contributed by atoms with Crippen molar-refractivity contribution in [3.05, 3.63) is 60.8 Å². The second-order valence-electron chi connectivity index (χ2n) is 18.0. The number of hydrogen-bond donors (Lipinski definition) is 2. The third-order valence-electron chi connectivity index (χ3n) is 11.4. The van der Waals surface area contributed by atoms with E-state index >= 15 is 0 Å². The predicted molar refractivity (Wildman–Crippen MR) is 279 cm³/mol. The number of carbonyl (C=O) groups is 3. The van der Waals surface area contributed by atoms with Crippen molar-refractivity contribution in [1.29, 1.82) is 0 Å². The fourth-order valence-corrected chi connectivity index (χ4v) is 8.03. The lowest BCUT2D eigenvalue weighted by Gasteiger charge is -2.21. The largest absolute Gasteiger partial charge is 0.472 e. The molecule has 11 nitrogen and oxygen atoms in total. The first-order valence-electron chi connectivity index (χ1n) is 27.2. The maximum Gasteiger partial charge on any atom is 0.472 e. The second kappa shape index (κ2) is 50.6. The number of phosphoric acid groups is 1. The summed E-state index contributed by atoms with van der Waals surface area (Å²) in [6, 6.07) is 0. The molecular weight excluding hydrogens is 880 g/mol. The summed E-state index contributed by atoms with van der Waals surface area (Å²) in [4.78, 5) is 48.4. The van der Waals surface area contributed by atoms with Gasteiger partial charge in [0.1, 0.15) is 12.7 Å². The van der Waals surface area contributed by atoms with Crippen LogP contribution in [0.2, 0.25) is 0 Å². The van der Waals surface area contributed by atoms with Gasteiger partial charge in [-0.1, -0.05) is 178 Å². The molecule has 0 amide bonds. The summed E-state index contributed by atoms with van der Waals surface area (Å²) in [5.74, 6) is -1.50. The molecule has 0 fully saturated rings. The van der Waals surface area contributed by atoms with Crippen LogP contribution in [0.15, 0.2) is 60.8 Å². The highest BCUT2D eigenvalue weighted by Crippen LogP contribution is 2.43. The van der Waals surface area contributed by atoms with Gasteiger partial charge in [0.25, 0.3) is 0 Å². The third-order valence-corrected chi connectivity index (χ3v) is 12.3. The molecule has 0 bridgehead atoms. The van der Waals surface area contributed by atoms with Gasteiger partial charge in [0.2, 0.25) is 0 Å². The minimum Gasteiger partial charge on any atom is -0.462 e. The second-order valence-corrected chi connectivity index (χ2v) is 19.5. The smallest absolute Gasteiger partial charge is 0.462 e. The van der Waals surface area contributed by atoms with Gasteiger partial charge in [0.15, 0.2) is 6.10 Å². The molecular formula is C56H99O11P. The van der Waals surface area contributed by atoms with Gasteiger partial charge in [-0.2, -0.15) is 0 Å². The molecule has 3 unspecified atom stereocenters. The Kier molecular flexibility index (Phi) is 48.5. The van der Waals surface area contributed by atoms with E-state index in [9.17, 15) is 28.9 Å². The SMILES string of the molecule is CC/C=C\C/C=C\C/C=C\CCCCCCCC(=O)OC(COC(=O)CCCCCCC/C=C\CCCCCC)COP(=O)(O)OCC(CO)OC(=O)CCCCCCC/C=C\CCCCCC. The zero-order chi connectivity index (χ0) is 49.9. The molecule has 394 valence electrons. The summed E-state index contributed by atoms with van der Waals surface area (Å²) in [5.41, 5.74) is 0. The molecule has 0 saturated carbocycles. The average Bonchev–Trinajstić information content (AvgIpc) is 3.32. The van der Waals surface area contributed by atoms with Crippen molar-refractivity contribution in [2.75, 3.05) is 26.4 Å². The van der Waals surface area contributed by atoms with E-state index in [1.165, 1.54) is 51.4 Å². The van der Waals surface area contributed by atoms with Crippen LogP contribution in [0.1, 0.15) is 239 Å². The van der Waals surface area contributed by atoms with Gasteiger partial charge < -0.3 is 24.2 Å². The van der Waals surface area contributed by atoms with Gasteiger partial charge in [-0.25, -0.2) is 4.57 Å². The first-order valence-corrected chi connectivity index (χ1v) is 28.7. The van der Waals surface area contributed by atoms with E-state index in [0.717, 1.165) is 128 Å². The fraction of sp³-hybridized carbons (Fsp3) is 0.768. The van der Waals surface area contributed by atoms with E-state index in [2.05, 4.69) is 81.5 Å². The highest BCUT2D eigenvalue weighted by molar-refractivity contribution is 7.47. The molecule has 0 aliphatic heterocycles. The number of hydrogen-bond acceptors (Lipinski definition) is 10. The lowest BCUT2D eigenvalue weighted by molar-refractivity contribution is -0.161. The predicted octanol–water partition coefficient (Wildman–Crippen LogP) is 15.6. The van der Waals surface area contributed by atoms with Gasteiger partial charge in [0.05, 0.1) is 19.8 Å². The van der Waals surface area contributed by atoms with Crippen LogP contribution >= 0.6 is 7.82 Å². The fourth-order valence-electron chi connectivity index (χ4n) is 7.24. The Morgan fingerprint density at radius 3 is 1.19 bits per heavy atom. The normalized spacial score (nSPS) is 13.9. The first-order chi connectivity index (χ1) is 33.2. The molecule has 0 spiro atoms. The summed E-state index contributed by atoms with van der Waals surface area (Å²) in [6.07, 6.45) is 53.2. The van der Waals surface area contributed by atoms with Crippen LogP contribution in [0.5, 0.6) is 0 Å². The van der Waals surface area contributed by atoms with Crippen LogP contribution in [-0.2, 0) is 42.2 Å². The van der Waals surface area contributed by atoms with Crippen molar-refractivity contribution in [1.82, 2.24) is 0 Å². The van der Waals surface area contributed by atoms with E-state index in [1.807, 2.05) is 0 Å². The number of aliphatic hydroxyl groups excluding tert-OH is 1. The molecule has 0 aromatic carbocycles. The third kappa shape index (κ3) is 48.2. The van der Waals surface area contributed by atoms with Gasteiger partial charge >= 0.3 is 25.7 Å². The van der Waals surface area contributed by atoms with Crippen LogP contribution in [-0.4, -0.2) is 66.5 Å². The molecule has 0 radical (unpaired) electrons. The topological polar surface area (TPSA) is 155 Å². The molecule has 12 heteroatoms. The maximum atomic E-state index is 12.9. The van der Waals surface area contributed by atoms with E-state index in [1.54, 1.807) is 0 Å². The Labute approximate surface area is 415 Å². The lowest BCUT2D eigenvalue weighted by atomic mass is 10.1. The summed E-state index contributed by atoms with van der Waals surface area (Å²) >= 11 is 0. The van der Waals surface area contributed by atoms with Crippen molar-refractivity contribution >= 4 is 25.7 Å². The molecule has 68 heavy (non-hydrogen) atoms. The van der Waals surface area contributed by atoms with Crippen LogP contribution in [0.3, 0.4) is 0 Å². The maximum absolute atomic E-state index is 12.9. The number of carbonyl (C=O) groups excluding carboxylic acids is 3. The Bertz CT molecular complexity index is 1370. The minimum atomic E-state index is -4.75. The summed E-state index contributed by atoms with van der Waals surface area (Å²) in [6.45, 7) is 4.46. The lowest BCUT2D eigenvalue weighted by Crippen LogP contribution is -2.30. The number of aliphatic hydroxyl groups is 1. The van der Waals surface area contributed by atoms with E-state index in [4.69, 9.17) is 23.3 Å². The van der Waals surface area contributed by atoms with Gasteiger partial charge in [-0.3, -0.25) is 23.4 Å². The molecule has 0 aliphatic rings. The van der Waals surface area contributed by atoms with Gasteiger partial charge in [-0.05, 0) is 103 Å². The van der Waals surface area contributed by atoms with Crippen LogP contribution in [0, 0.1) is 0 Å². The van der Waals surface area contributed by atoms with E-state index < -0.39 is 57.8 Å². The van der Waals surface area contributed by atoms with Crippen LogP contribution in [0.4, 0.5) is 0 Å².